The summed E-state index contributed by atoms with van der Waals surface area (Å²) in [4.78, 5) is 62.8. The third kappa shape index (κ3) is 6.13. The van der Waals surface area contributed by atoms with Crippen molar-refractivity contribution >= 4 is 29.7 Å². The number of likely N-dealkylation sites (tertiary alicyclic amines) is 1. The monoisotopic (exact) mass is 553 g/mol. The number of nitrogens with zero attached hydrogens (tertiary/aromatic N) is 1. The van der Waals surface area contributed by atoms with Gasteiger partial charge in [0.2, 0.25) is 17.7 Å². The average molecular weight is 554 g/mol. The van der Waals surface area contributed by atoms with E-state index in [9.17, 15) is 29.1 Å². The number of benzene rings is 2. The molecule has 0 aromatic heterocycles. The largest absolute Gasteiger partial charge is 0.480 e. The highest BCUT2D eigenvalue weighted by molar-refractivity contribution is 5.98. The van der Waals surface area contributed by atoms with E-state index in [2.05, 4.69) is 10.6 Å². The number of carboxylic acid groups (broad SMARTS) is 1. The number of amides is 3. The van der Waals surface area contributed by atoms with E-state index in [1.165, 1.54) is 6.92 Å². The second kappa shape index (κ2) is 12.3. The Bertz CT molecular complexity index is 1270. The van der Waals surface area contributed by atoms with E-state index in [0.717, 1.165) is 27.2 Å². The van der Waals surface area contributed by atoms with Crippen LogP contribution in [0.5, 0.6) is 0 Å². The number of esters is 1. The van der Waals surface area contributed by atoms with Gasteiger partial charge < -0.3 is 35.6 Å². The van der Waals surface area contributed by atoms with Crippen LogP contribution in [0.4, 0.5) is 0 Å². The number of β-amino-alcohol motifs (C(OH)–C–C–N with tert-alkyl or cyclic N) is 1. The summed E-state index contributed by atoms with van der Waals surface area (Å²) in [5.74, 6) is -4.72. The summed E-state index contributed by atoms with van der Waals surface area (Å²) in [6.45, 7) is 0.316. The van der Waals surface area contributed by atoms with Crippen LogP contribution in [0.15, 0.2) is 48.5 Å². The summed E-state index contributed by atoms with van der Waals surface area (Å²) in [6.07, 6.45) is -1.76. The summed E-state index contributed by atoms with van der Waals surface area (Å²) < 4.78 is 5.48. The Morgan fingerprint density at radius 2 is 1.60 bits per heavy atom. The van der Waals surface area contributed by atoms with Crippen molar-refractivity contribution in [3.63, 3.8) is 0 Å². The molecule has 1 aliphatic heterocycles. The Morgan fingerprint density at radius 1 is 1.00 bits per heavy atom. The highest BCUT2D eigenvalue weighted by atomic mass is 16.5. The zero-order valence-corrected chi connectivity index (χ0v) is 21.8. The van der Waals surface area contributed by atoms with Gasteiger partial charge in [-0.15, -0.1) is 0 Å². The van der Waals surface area contributed by atoms with Crippen molar-refractivity contribution in [1.29, 1.82) is 0 Å². The zero-order valence-electron chi connectivity index (χ0n) is 21.8. The van der Waals surface area contributed by atoms with Crippen LogP contribution >= 0.6 is 0 Å². The predicted octanol–water partition coefficient (Wildman–Crippen LogP) is -0.240. The minimum Gasteiger partial charge on any atom is -0.480 e. The number of carbonyl (C=O) groups is 5. The van der Waals surface area contributed by atoms with Crippen LogP contribution in [-0.2, 0) is 28.7 Å². The number of carboxylic acids is 1. The average Bonchev–Trinajstić information content (AvgIpc) is 3.48. The number of aliphatic hydroxyl groups excluding tert-OH is 2. The highest BCUT2D eigenvalue weighted by Crippen LogP contribution is 2.44. The molecule has 12 nitrogen and oxygen atoms in total. The van der Waals surface area contributed by atoms with Gasteiger partial charge >= 0.3 is 11.9 Å². The summed E-state index contributed by atoms with van der Waals surface area (Å²) in [5, 5.41) is 32.6. The third-order valence-electron chi connectivity index (χ3n) is 7.12. The molecule has 5 N–H and O–H groups in total. The van der Waals surface area contributed by atoms with Crippen LogP contribution in [0, 0.1) is 0 Å². The lowest BCUT2D eigenvalue weighted by molar-refractivity contribution is -0.151. The number of nitrogens with one attached hydrogen (secondary N) is 2. The molecule has 212 valence electrons. The maximum absolute atomic E-state index is 12.9. The quantitative estimate of drug-likeness (QED) is 0.196. The summed E-state index contributed by atoms with van der Waals surface area (Å²) in [6, 6.07) is 11.8. The van der Waals surface area contributed by atoms with Crippen LogP contribution in [0.25, 0.3) is 11.1 Å². The first-order chi connectivity index (χ1) is 19.1. The van der Waals surface area contributed by atoms with Gasteiger partial charge in [0.1, 0.15) is 31.2 Å². The molecule has 0 spiro atoms. The standard InChI is InChI=1S/C28H31N3O9/c1-15(26(36)30-22(13-32)28(38)39)29-27(37)23-10-16(33)12-31(23)24(34)11-25(35)40-14-21-19-8-4-2-6-17(19)18-7-3-5-9-20(18)21/h2-9,15-16,21-23,32-33H,10-14H2,1H3,(H,29,37)(H,30,36)(H,38,39)/t15-,16+,22-,23-/m0/s1. The lowest BCUT2D eigenvalue weighted by Crippen LogP contribution is -2.55. The Hall–Kier alpha value is -4.29. The molecule has 1 fully saturated rings. The number of fused-ring (bicyclic) bond motifs is 3. The fourth-order valence-corrected chi connectivity index (χ4v) is 5.09. The van der Waals surface area contributed by atoms with Crippen LogP contribution < -0.4 is 10.6 Å². The van der Waals surface area contributed by atoms with Crippen molar-refractivity contribution in [3.8, 4) is 11.1 Å². The Balaban J connectivity index is 1.34. The van der Waals surface area contributed by atoms with Crippen molar-refractivity contribution in [2.24, 2.45) is 0 Å². The van der Waals surface area contributed by atoms with Gasteiger partial charge in [-0.25, -0.2) is 4.79 Å². The number of aliphatic carboxylic acids is 1. The van der Waals surface area contributed by atoms with Crippen molar-refractivity contribution in [2.45, 2.75) is 49.9 Å². The molecule has 3 amide bonds. The minimum atomic E-state index is -1.55. The number of hydrogen-bond acceptors (Lipinski definition) is 8. The number of hydrogen-bond donors (Lipinski definition) is 5. The Kier molecular flexibility index (Phi) is 8.80. The molecule has 40 heavy (non-hydrogen) atoms. The van der Waals surface area contributed by atoms with E-state index in [-0.39, 0.29) is 25.5 Å². The number of ether oxygens (including phenoxy) is 1. The van der Waals surface area contributed by atoms with Gasteiger partial charge in [-0.2, -0.15) is 0 Å². The van der Waals surface area contributed by atoms with Gasteiger partial charge in [0.15, 0.2) is 0 Å². The molecule has 2 aromatic carbocycles. The van der Waals surface area contributed by atoms with Crippen molar-refractivity contribution in [2.75, 3.05) is 19.8 Å². The smallest absolute Gasteiger partial charge is 0.328 e. The molecule has 0 saturated carbocycles. The van der Waals surface area contributed by atoms with Crippen molar-refractivity contribution < 1.29 is 44.0 Å². The van der Waals surface area contributed by atoms with Gasteiger partial charge in [0.05, 0.1) is 12.7 Å². The molecule has 0 bridgehead atoms. The van der Waals surface area contributed by atoms with E-state index in [4.69, 9.17) is 14.9 Å². The van der Waals surface area contributed by atoms with Gasteiger partial charge in [0, 0.05) is 18.9 Å². The van der Waals surface area contributed by atoms with Crippen LogP contribution in [0.2, 0.25) is 0 Å². The van der Waals surface area contributed by atoms with Crippen LogP contribution in [0.3, 0.4) is 0 Å². The third-order valence-corrected chi connectivity index (χ3v) is 7.12. The first-order valence-electron chi connectivity index (χ1n) is 12.9. The zero-order chi connectivity index (χ0) is 29.0. The Morgan fingerprint density at radius 3 is 2.17 bits per heavy atom. The molecule has 1 heterocycles. The predicted molar refractivity (Wildman–Crippen MR) is 140 cm³/mol. The SMILES string of the molecule is C[C@H](NC(=O)[C@@H]1C[C@@H](O)CN1C(=O)CC(=O)OCC1c2ccccc2-c2ccccc21)C(=O)N[C@@H](CO)C(=O)O. The second-order valence-electron chi connectivity index (χ2n) is 9.85. The first-order valence-corrected chi connectivity index (χ1v) is 12.9. The second-order valence-corrected chi connectivity index (χ2v) is 9.85. The van der Waals surface area contributed by atoms with Gasteiger partial charge in [-0.05, 0) is 29.2 Å². The topological polar surface area (TPSA) is 183 Å². The molecular weight excluding hydrogens is 522 g/mol. The van der Waals surface area contributed by atoms with E-state index < -0.39 is 66.9 Å². The van der Waals surface area contributed by atoms with Gasteiger partial charge in [0.25, 0.3) is 0 Å². The summed E-state index contributed by atoms with van der Waals surface area (Å²) >= 11 is 0. The lowest BCUT2D eigenvalue weighted by atomic mass is 9.98. The van der Waals surface area contributed by atoms with E-state index >= 15 is 0 Å². The van der Waals surface area contributed by atoms with Gasteiger partial charge in [-0.1, -0.05) is 48.5 Å². The number of aliphatic hydroxyl groups is 2. The summed E-state index contributed by atoms with van der Waals surface area (Å²) in [7, 11) is 0. The van der Waals surface area contributed by atoms with Crippen LogP contribution in [0.1, 0.15) is 36.8 Å². The van der Waals surface area contributed by atoms with Crippen molar-refractivity contribution in [1.82, 2.24) is 15.5 Å². The molecule has 4 rings (SSSR count). The fourth-order valence-electron chi connectivity index (χ4n) is 5.09. The maximum Gasteiger partial charge on any atom is 0.328 e. The fraction of sp³-hybridized carbons (Fsp3) is 0.393. The molecule has 12 heteroatoms. The van der Waals surface area contributed by atoms with E-state index in [0.29, 0.717) is 0 Å². The molecular formula is C28H31N3O9. The minimum absolute atomic E-state index is 0.0322. The number of rotatable bonds is 10. The molecule has 0 radical (unpaired) electrons. The van der Waals surface area contributed by atoms with Crippen molar-refractivity contribution in [3.05, 3.63) is 59.7 Å². The van der Waals surface area contributed by atoms with Crippen LogP contribution in [-0.4, -0.2) is 93.9 Å². The first kappa shape index (κ1) is 28.7. The number of carbonyl (C=O) groups excluding carboxylic acids is 4. The molecule has 2 aromatic rings. The highest BCUT2D eigenvalue weighted by Gasteiger charge is 2.40. The maximum atomic E-state index is 12.9. The van der Waals surface area contributed by atoms with Gasteiger partial charge in [-0.3, -0.25) is 19.2 Å². The van der Waals surface area contributed by atoms with E-state index in [1.807, 2.05) is 48.5 Å². The normalized spacial score (nSPS) is 19.2. The molecule has 1 aliphatic carbocycles. The molecule has 1 saturated heterocycles. The van der Waals surface area contributed by atoms with E-state index in [1.54, 1.807) is 0 Å². The molecule has 2 aliphatic rings. The molecule has 0 unspecified atom stereocenters. The Labute approximate surface area is 229 Å². The lowest BCUT2D eigenvalue weighted by Gasteiger charge is -2.25. The summed E-state index contributed by atoms with van der Waals surface area (Å²) in [5.41, 5.74) is 4.17. The molecule has 4 atom stereocenters.